The van der Waals surface area contributed by atoms with Gasteiger partial charge in [-0.1, -0.05) is 36.0 Å². The van der Waals surface area contributed by atoms with Crippen molar-refractivity contribution in [1.82, 2.24) is 19.7 Å². The first-order valence-corrected chi connectivity index (χ1v) is 9.34. The lowest BCUT2D eigenvalue weighted by Crippen LogP contribution is -2.04. The Labute approximate surface area is 159 Å². The van der Waals surface area contributed by atoms with E-state index in [1.54, 1.807) is 24.5 Å². The van der Waals surface area contributed by atoms with Gasteiger partial charge in [0.05, 0.1) is 5.75 Å². The average molecular weight is 376 g/mol. The molecule has 3 heterocycles. The molecule has 27 heavy (non-hydrogen) atoms. The Morgan fingerprint density at radius 2 is 2.00 bits per heavy atom. The summed E-state index contributed by atoms with van der Waals surface area (Å²) in [5, 5.41) is 10.1. The Balaban J connectivity index is 1.54. The second-order valence-corrected chi connectivity index (χ2v) is 6.74. The maximum atomic E-state index is 12.5. The number of pyridine rings is 1. The molecule has 7 heteroatoms. The fourth-order valence-corrected chi connectivity index (χ4v) is 3.54. The third-order valence-electron chi connectivity index (χ3n) is 4.00. The lowest BCUT2D eigenvalue weighted by Gasteiger charge is -2.07. The van der Waals surface area contributed by atoms with E-state index in [0.717, 1.165) is 16.8 Å². The van der Waals surface area contributed by atoms with Gasteiger partial charge in [-0.25, -0.2) is 0 Å². The summed E-state index contributed by atoms with van der Waals surface area (Å²) in [6, 6.07) is 13.1. The van der Waals surface area contributed by atoms with Gasteiger partial charge in [-0.2, -0.15) is 0 Å². The minimum atomic E-state index is -0.0881. The highest BCUT2D eigenvalue weighted by Crippen LogP contribution is 2.25. The van der Waals surface area contributed by atoms with E-state index in [1.807, 2.05) is 41.0 Å². The molecule has 0 radical (unpaired) electrons. The summed E-state index contributed by atoms with van der Waals surface area (Å²) in [5.41, 5.74) is 1.62. The van der Waals surface area contributed by atoms with Crippen LogP contribution in [0.3, 0.4) is 0 Å². The molecule has 0 aliphatic rings. The third-order valence-corrected chi connectivity index (χ3v) is 4.97. The molecule has 3 aromatic heterocycles. The predicted octanol–water partition coefficient (Wildman–Crippen LogP) is 4.25. The maximum absolute atomic E-state index is 12.5. The Morgan fingerprint density at radius 1 is 1.19 bits per heavy atom. The normalized spacial score (nSPS) is 11.0. The quantitative estimate of drug-likeness (QED) is 0.273. The van der Waals surface area contributed by atoms with Crippen LogP contribution in [0.4, 0.5) is 0 Å². The maximum Gasteiger partial charge on any atom is 0.208 e. The number of nitrogens with zero attached hydrogens (tertiary/aromatic N) is 4. The number of carbonyl (C=O) groups is 1. The van der Waals surface area contributed by atoms with Gasteiger partial charge in [0, 0.05) is 29.9 Å². The van der Waals surface area contributed by atoms with E-state index >= 15 is 0 Å². The van der Waals surface area contributed by atoms with Gasteiger partial charge in [0.2, 0.25) is 5.78 Å². The van der Waals surface area contributed by atoms with Crippen molar-refractivity contribution in [3.8, 4) is 11.4 Å². The molecule has 0 atom stereocenters. The van der Waals surface area contributed by atoms with Crippen molar-refractivity contribution in [1.29, 1.82) is 0 Å². The number of furan rings is 1. The van der Waals surface area contributed by atoms with Crippen LogP contribution in [-0.4, -0.2) is 31.3 Å². The van der Waals surface area contributed by atoms with Crippen LogP contribution in [-0.2, 0) is 6.54 Å². The van der Waals surface area contributed by atoms with Crippen LogP contribution in [0.2, 0.25) is 0 Å². The van der Waals surface area contributed by atoms with Gasteiger partial charge in [0.15, 0.2) is 16.7 Å². The lowest BCUT2D eigenvalue weighted by atomic mass is 10.2. The van der Waals surface area contributed by atoms with E-state index in [-0.39, 0.29) is 11.5 Å². The number of fused-ring (bicyclic) bond motifs is 1. The first-order chi connectivity index (χ1) is 13.3. The number of Topliss-reactive ketones (excluding diaryl/α,β-unsaturated/α-hetero) is 1. The smallest absolute Gasteiger partial charge is 0.208 e. The second-order valence-electron chi connectivity index (χ2n) is 5.80. The highest BCUT2D eigenvalue weighted by Gasteiger charge is 2.17. The SMILES string of the molecule is C=CCn1c(SCC(=O)c2cc3ccccc3o2)nnc1-c1ccncc1. The van der Waals surface area contributed by atoms with Crippen molar-refractivity contribution in [3.63, 3.8) is 0 Å². The van der Waals surface area contributed by atoms with Gasteiger partial charge in [-0.3, -0.25) is 14.3 Å². The Morgan fingerprint density at radius 3 is 2.78 bits per heavy atom. The fraction of sp³-hybridized carbons (Fsp3) is 0.100. The van der Waals surface area contributed by atoms with Crippen molar-refractivity contribution in [2.75, 3.05) is 5.75 Å². The van der Waals surface area contributed by atoms with Crippen LogP contribution in [0, 0.1) is 0 Å². The first kappa shape index (κ1) is 17.2. The molecule has 134 valence electrons. The zero-order valence-electron chi connectivity index (χ0n) is 14.4. The third kappa shape index (κ3) is 3.54. The van der Waals surface area contributed by atoms with Crippen LogP contribution in [0.1, 0.15) is 10.6 Å². The van der Waals surface area contributed by atoms with Crippen molar-refractivity contribution in [2.45, 2.75) is 11.7 Å². The summed E-state index contributed by atoms with van der Waals surface area (Å²) in [6.07, 6.45) is 5.19. The number of carbonyl (C=O) groups excluding carboxylic acids is 1. The van der Waals surface area contributed by atoms with E-state index in [4.69, 9.17) is 4.42 Å². The first-order valence-electron chi connectivity index (χ1n) is 8.35. The lowest BCUT2D eigenvalue weighted by molar-refractivity contribution is 0.0994. The summed E-state index contributed by atoms with van der Waals surface area (Å²) >= 11 is 1.33. The van der Waals surface area contributed by atoms with Gasteiger partial charge in [0.1, 0.15) is 5.58 Å². The molecule has 1 aromatic carbocycles. The van der Waals surface area contributed by atoms with Gasteiger partial charge >= 0.3 is 0 Å². The largest absolute Gasteiger partial charge is 0.453 e. The number of hydrogen-bond donors (Lipinski definition) is 0. The van der Waals surface area contributed by atoms with Gasteiger partial charge in [0.25, 0.3) is 0 Å². The molecule has 0 aliphatic heterocycles. The Kier molecular flexibility index (Phi) is 4.84. The summed E-state index contributed by atoms with van der Waals surface area (Å²) in [7, 11) is 0. The molecule has 0 N–H and O–H groups in total. The Bertz CT molecular complexity index is 1070. The molecular formula is C20H16N4O2S. The molecule has 0 spiro atoms. The summed E-state index contributed by atoms with van der Waals surface area (Å²) in [6.45, 7) is 4.35. The number of thioether (sulfide) groups is 1. The van der Waals surface area contributed by atoms with Crippen molar-refractivity contribution >= 4 is 28.5 Å². The second kappa shape index (κ2) is 7.59. The monoisotopic (exact) mass is 376 g/mol. The van der Waals surface area contributed by atoms with Crippen LogP contribution in [0.25, 0.3) is 22.4 Å². The van der Waals surface area contributed by atoms with Crippen molar-refractivity contribution in [3.05, 3.63) is 73.3 Å². The van der Waals surface area contributed by atoms with E-state index in [2.05, 4.69) is 21.8 Å². The van der Waals surface area contributed by atoms with Gasteiger partial charge in [-0.15, -0.1) is 16.8 Å². The molecular weight excluding hydrogens is 360 g/mol. The number of allylic oxidation sites excluding steroid dienone is 1. The predicted molar refractivity (Wildman–Crippen MR) is 105 cm³/mol. The van der Waals surface area contributed by atoms with E-state index in [0.29, 0.717) is 23.0 Å². The molecule has 0 saturated carbocycles. The number of benzene rings is 1. The van der Waals surface area contributed by atoms with E-state index < -0.39 is 0 Å². The molecule has 4 rings (SSSR count). The van der Waals surface area contributed by atoms with Crippen LogP contribution < -0.4 is 0 Å². The zero-order chi connectivity index (χ0) is 18.6. The molecule has 0 saturated heterocycles. The minimum Gasteiger partial charge on any atom is -0.453 e. The standard InChI is InChI=1S/C20H16N4O2S/c1-2-11-24-19(14-7-9-21-10-8-14)22-23-20(24)27-13-16(25)18-12-15-5-3-4-6-17(15)26-18/h2-10,12H,1,11,13H2. The van der Waals surface area contributed by atoms with Crippen molar-refractivity contribution in [2.24, 2.45) is 0 Å². The zero-order valence-corrected chi connectivity index (χ0v) is 15.2. The molecule has 4 aromatic rings. The summed E-state index contributed by atoms with van der Waals surface area (Å²) in [4.78, 5) is 16.6. The molecule has 6 nitrogen and oxygen atoms in total. The highest BCUT2D eigenvalue weighted by molar-refractivity contribution is 7.99. The van der Waals surface area contributed by atoms with E-state index in [9.17, 15) is 4.79 Å². The van der Waals surface area contributed by atoms with Crippen LogP contribution >= 0.6 is 11.8 Å². The molecule has 0 bridgehead atoms. The number of aromatic nitrogens is 4. The molecule has 0 aliphatic carbocycles. The van der Waals surface area contributed by atoms with Crippen LogP contribution in [0.15, 0.2) is 77.1 Å². The summed E-state index contributed by atoms with van der Waals surface area (Å²) < 4.78 is 7.57. The highest BCUT2D eigenvalue weighted by atomic mass is 32.2. The molecule has 0 fully saturated rings. The van der Waals surface area contributed by atoms with E-state index in [1.165, 1.54) is 11.8 Å². The van der Waals surface area contributed by atoms with Gasteiger partial charge in [-0.05, 0) is 24.3 Å². The topological polar surface area (TPSA) is 73.8 Å². The molecule has 0 amide bonds. The van der Waals surface area contributed by atoms with Gasteiger partial charge < -0.3 is 4.42 Å². The fourth-order valence-electron chi connectivity index (χ4n) is 2.72. The summed E-state index contributed by atoms with van der Waals surface area (Å²) in [5.74, 6) is 1.20. The number of hydrogen-bond acceptors (Lipinski definition) is 6. The number of rotatable bonds is 7. The van der Waals surface area contributed by atoms with Crippen molar-refractivity contribution < 1.29 is 9.21 Å². The minimum absolute atomic E-state index is 0.0881. The molecule has 0 unspecified atom stereocenters. The number of para-hydroxylation sites is 1. The Hall–Kier alpha value is -3.19. The number of ketones is 1. The average Bonchev–Trinajstić information content (AvgIpc) is 3.31. The van der Waals surface area contributed by atoms with Crippen LogP contribution in [0.5, 0.6) is 0 Å².